The average molecular weight is 509 g/mol. The molecule has 182 valence electrons. The van der Waals surface area contributed by atoms with Gasteiger partial charge in [0.05, 0.1) is 6.54 Å². The van der Waals surface area contributed by atoms with Gasteiger partial charge in [-0.15, -0.1) is 0 Å². The maximum atomic E-state index is 11.4. The van der Waals surface area contributed by atoms with Gasteiger partial charge in [0, 0.05) is 6.92 Å². The van der Waals surface area contributed by atoms with E-state index in [4.69, 9.17) is 0 Å². The highest BCUT2D eigenvalue weighted by Gasteiger charge is 2.46. The fraction of sp³-hybridized carbons (Fsp3) is 0.471. The molecule has 0 aliphatic heterocycles. The predicted octanol–water partition coefficient (Wildman–Crippen LogP) is 3.99. The molecule has 7 nitrogen and oxygen atoms in total. The summed E-state index contributed by atoms with van der Waals surface area (Å²) in [5.41, 5.74) is -11.1. The number of alkyl halides is 6. The van der Waals surface area contributed by atoms with Crippen LogP contribution in [0.1, 0.15) is 31.2 Å². The Morgan fingerprint density at radius 3 is 1.88 bits per heavy atom. The molecule has 0 radical (unpaired) electrons. The van der Waals surface area contributed by atoms with Crippen molar-refractivity contribution in [1.29, 1.82) is 0 Å². The third kappa shape index (κ3) is 7.78. The fourth-order valence-electron chi connectivity index (χ4n) is 2.27. The van der Waals surface area contributed by atoms with Crippen LogP contribution in [0.15, 0.2) is 42.7 Å². The van der Waals surface area contributed by atoms with E-state index >= 15 is 0 Å². The Morgan fingerprint density at radius 2 is 1.44 bits per heavy atom. The zero-order valence-electron chi connectivity index (χ0n) is 16.9. The summed E-state index contributed by atoms with van der Waals surface area (Å²) >= 11 is 0. The van der Waals surface area contributed by atoms with E-state index < -0.39 is 31.1 Å². The first-order valence-electron chi connectivity index (χ1n) is 8.97. The first kappa shape index (κ1) is 27.9. The molecule has 2 aromatic rings. The summed E-state index contributed by atoms with van der Waals surface area (Å²) in [4.78, 5) is 0. The van der Waals surface area contributed by atoms with Gasteiger partial charge < -0.3 is 4.13 Å². The van der Waals surface area contributed by atoms with E-state index in [1.165, 1.54) is 24.2 Å². The summed E-state index contributed by atoms with van der Waals surface area (Å²) in [7, 11) is -13.4. The number of rotatable bonds is 7. The molecule has 0 atom stereocenters. The van der Waals surface area contributed by atoms with Gasteiger partial charge in [0.15, 0.2) is 20.0 Å². The first-order valence-corrected chi connectivity index (χ1v) is 11.9. The maximum absolute atomic E-state index is 11.4. The number of aryl methyl sites for hydroxylation is 1. The van der Waals surface area contributed by atoms with Crippen LogP contribution in [0.5, 0.6) is 0 Å². The number of benzene rings is 1. The molecule has 0 unspecified atom stereocenters. The van der Waals surface area contributed by atoms with Crippen LogP contribution in [0.2, 0.25) is 0 Å². The zero-order valence-corrected chi connectivity index (χ0v) is 18.6. The first-order chi connectivity index (χ1) is 14.5. The Kier molecular flexibility index (Phi) is 9.29. The number of halogens is 6. The van der Waals surface area contributed by atoms with Crippen LogP contribution in [-0.4, -0.2) is 32.4 Å². The number of unbranched alkanes of at least 4 members (excludes halogenated alkanes) is 1. The summed E-state index contributed by atoms with van der Waals surface area (Å²) in [5.74, 6) is 1.34. The second-order valence-corrected chi connectivity index (χ2v) is 9.84. The quantitative estimate of drug-likeness (QED) is 0.417. The Labute approximate surface area is 181 Å². The number of hydrogen-bond acceptors (Lipinski definition) is 4. The van der Waals surface area contributed by atoms with Crippen LogP contribution in [0.4, 0.5) is 26.3 Å². The van der Waals surface area contributed by atoms with Crippen molar-refractivity contribution in [1.82, 2.24) is 4.57 Å². The number of sulfonamides is 2. The number of nitrogens with zero attached hydrogens (tertiary/aromatic N) is 3. The van der Waals surface area contributed by atoms with Gasteiger partial charge in [0.2, 0.25) is 0 Å². The molecule has 0 saturated carbocycles. The molecule has 1 heterocycles. The van der Waals surface area contributed by atoms with Crippen LogP contribution < -0.4 is 4.57 Å². The summed E-state index contributed by atoms with van der Waals surface area (Å²) in [6, 6.07) is 10.6. The van der Waals surface area contributed by atoms with Crippen molar-refractivity contribution < 1.29 is 47.7 Å². The third-order valence-corrected chi connectivity index (χ3v) is 6.73. The van der Waals surface area contributed by atoms with E-state index in [1.807, 2.05) is 0 Å². The number of aromatic nitrogens is 2. The normalized spacial score (nSPS) is 12.9. The lowest BCUT2D eigenvalue weighted by Crippen LogP contribution is -2.36. The molecule has 0 amide bonds. The molecule has 0 aliphatic rings. The van der Waals surface area contributed by atoms with Gasteiger partial charge in [-0.25, -0.2) is 26.0 Å². The van der Waals surface area contributed by atoms with Gasteiger partial charge in [0.25, 0.3) is 5.82 Å². The Hall–Kier alpha value is -2.13. The van der Waals surface area contributed by atoms with Crippen molar-refractivity contribution in [3.8, 4) is 0 Å². The smallest absolute Gasteiger partial charge is 0.421 e. The van der Waals surface area contributed by atoms with E-state index in [0.29, 0.717) is 0 Å². The van der Waals surface area contributed by atoms with Gasteiger partial charge in [0.1, 0.15) is 18.9 Å². The maximum Gasteiger partial charge on any atom is 0.480 e. The van der Waals surface area contributed by atoms with Gasteiger partial charge >= 0.3 is 11.0 Å². The molecule has 0 spiro atoms. The zero-order chi connectivity index (χ0) is 24.8. The Morgan fingerprint density at radius 1 is 0.938 bits per heavy atom. The summed E-state index contributed by atoms with van der Waals surface area (Å²) < 4.78 is 114. The lowest BCUT2D eigenvalue weighted by atomic mass is 10.2. The summed E-state index contributed by atoms with van der Waals surface area (Å²) in [6.45, 7) is 6.52. The molecule has 1 aromatic carbocycles. The van der Waals surface area contributed by atoms with E-state index in [2.05, 4.69) is 65.7 Å². The Balaban J connectivity index is 0.000000324. The highest BCUT2D eigenvalue weighted by Crippen LogP contribution is 2.36. The minimum atomic E-state index is -6.72. The van der Waals surface area contributed by atoms with E-state index in [0.717, 1.165) is 17.2 Å². The van der Waals surface area contributed by atoms with Crippen molar-refractivity contribution in [2.45, 2.75) is 50.8 Å². The molecule has 15 heteroatoms. The second-order valence-electron chi connectivity index (χ2n) is 6.42. The van der Waals surface area contributed by atoms with Gasteiger partial charge in [-0.1, -0.05) is 43.7 Å². The molecule has 2 rings (SSSR count). The molecule has 0 bridgehead atoms. The van der Waals surface area contributed by atoms with Crippen LogP contribution in [0.25, 0.3) is 4.13 Å². The number of hydrogen-bond donors (Lipinski definition) is 0. The molecule has 0 aliphatic carbocycles. The van der Waals surface area contributed by atoms with Crippen molar-refractivity contribution in [2.24, 2.45) is 0 Å². The van der Waals surface area contributed by atoms with Crippen LogP contribution >= 0.6 is 0 Å². The molecule has 32 heavy (non-hydrogen) atoms. The lowest BCUT2D eigenvalue weighted by Gasteiger charge is -2.22. The van der Waals surface area contributed by atoms with Crippen molar-refractivity contribution in [3.05, 3.63) is 58.2 Å². The van der Waals surface area contributed by atoms with E-state index in [1.54, 1.807) is 0 Å². The summed E-state index contributed by atoms with van der Waals surface area (Å²) in [6.07, 6.45) is 6.86. The molecule has 0 fully saturated rings. The van der Waals surface area contributed by atoms with E-state index in [-0.39, 0.29) is 0 Å². The molecule has 0 saturated heterocycles. The third-order valence-electron chi connectivity index (χ3n) is 3.99. The minimum Gasteiger partial charge on any atom is -0.421 e. The molecule has 0 N–H and O–H groups in total. The highest BCUT2D eigenvalue weighted by molar-refractivity contribution is 8.13. The Bertz CT molecular complexity index is 1040. The second kappa shape index (κ2) is 10.7. The van der Waals surface area contributed by atoms with E-state index in [9.17, 15) is 43.2 Å². The van der Waals surface area contributed by atoms with Crippen LogP contribution in [0.3, 0.4) is 0 Å². The SMILES string of the molecule is CCCCn1cc[n+](Cc2ccccc2)c1C.O=S(=O)([N-]S(=O)(=O)C(F)(F)F)C(F)(F)F. The minimum absolute atomic E-state index is 0.778. The molecular formula is C17H21F6N3O4S2. The van der Waals surface area contributed by atoms with Crippen molar-refractivity contribution in [3.63, 3.8) is 0 Å². The predicted molar refractivity (Wildman–Crippen MR) is 103 cm³/mol. The monoisotopic (exact) mass is 509 g/mol. The standard InChI is InChI=1S/C15H21N2.C2F6NO4S2/c1-3-4-10-16-11-12-17(14(16)2)13-15-8-6-5-7-9-15;3-1(4,5)14(10,11)9-15(12,13)2(6,7)8/h5-9,11-12H,3-4,10,13H2,1-2H3;/q+1;-1. The van der Waals surface area contributed by atoms with Crippen LogP contribution in [-0.2, 0) is 33.1 Å². The van der Waals surface area contributed by atoms with Gasteiger partial charge in [-0.3, -0.25) is 0 Å². The highest BCUT2D eigenvalue weighted by atomic mass is 32.3. The van der Waals surface area contributed by atoms with Crippen LogP contribution in [0, 0.1) is 6.92 Å². The topological polar surface area (TPSA) is 91.2 Å². The van der Waals surface area contributed by atoms with Crippen molar-refractivity contribution >= 4 is 20.0 Å². The fourth-order valence-corrected chi connectivity index (χ4v) is 3.98. The van der Waals surface area contributed by atoms with Gasteiger partial charge in [-0.2, -0.15) is 26.3 Å². The lowest BCUT2D eigenvalue weighted by molar-refractivity contribution is -0.694. The van der Waals surface area contributed by atoms with Gasteiger partial charge in [-0.05, 0) is 12.0 Å². The van der Waals surface area contributed by atoms with Crippen molar-refractivity contribution in [2.75, 3.05) is 0 Å². The molecule has 1 aromatic heterocycles. The average Bonchev–Trinajstić information content (AvgIpc) is 2.98. The summed E-state index contributed by atoms with van der Waals surface area (Å²) in [5, 5.41) is 0. The largest absolute Gasteiger partial charge is 0.480 e. The number of imidazole rings is 1. The molecular weight excluding hydrogens is 488 g/mol.